The first-order chi connectivity index (χ1) is 11.7. The smallest absolute Gasteiger partial charge is 0.280 e. The molecule has 0 atom stereocenters. The number of pyridine rings is 1. The minimum atomic E-state index is -0.145. The van der Waals surface area contributed by atoms with Crippen LogP contribution in [0.2, 0.25) is 0 Å². The number of rotatable bonds is 3. The third-order valence-corrected chi connectivity index (χ3v) is 3.95. The monoisotopic (exact) mass is 317 g/mol. The maximum atomic E-state index is 12.8. The van der Waals surface area contributed by atoms with E-state index in [1.54, 1.807) is 21.8 Å². The predicted octanol–water partition coefficient (Wildman–Crippen LogP) is 2.24. The van der Waals surface area contributed by atoms with Gasteiger partial charge in [0.2, 0.25) is 0 Å². The zero-order chi connectivity index (χ0) is 16.5. The molecule has 0 fully saturated rings. The molecule has 24 heavy (non-hydrogen) atoms. The molecule has 4 aromatic rings. The normalized spacial score (nSPS) is 11.0. The van der Waals surface area contributed by atoms with Crippen LogP contribution in [0.4, 0.5) is 0 Å². The van der Waals surface area contributed by atoms with Crippen molar-refractivity contribution in [3.05, 3.63) is 77.0 Å². The molecular weight excluding hydrogens is 302 g/mol. The lowest BCUT2D eigenvalue weighted by Crippen LogP contribution is -2.22. The van der Waals surface area contributed by atoms with Crippen molar-refractivity contribution in [3.63, 3.8) is 0 Å². The quantitative estimate of drug-likeness (QED) is 0.581. The first kappa shape index (κ1) is 14.3. The number of aromatic nitrogens is 5. The Bertz CT molecular complexity index is 1070. The fourth-order valence-corrected chi connectivity index (χ4v) is 2.69. The van der Waals surface area contributed by atoms with Gasteiger partial charge in [0, 0.05) is 13.2 Å². The van der Waals surface area contributed by atoms with Gasteiger partial charge in [0.1, 0.15) is 0 Å². The lowest BCUT2D eigenvalue weighted by molar-refractivity contribution is 0.745. The standard InChI is InChI=1S/C18H15N5O/c1-22-16(9-10-20-22)14-7-8-15-17(21-14)18(24)23(12-19-15)11-13-5-3-2-4-6-13/h2-10,12H,11H2,1H3. The second kappa shape index (κ2) is 5.73. The Hall–Kier alpha value is -3.28. The molecule has 6 nitrogen and oxygen atoms in total. The van der Waals surface area contributed by atoms with E-state index in [-0.39, 0.29) is 5.56 Å². The largest absolute Gasteiger partial charge is 0.293 e. The highest BCUT2D eigenvalue weighted by Crippen LogP contribution is 2.17. The fourth-order valence-electron chi connectivity index (χ4n) is 2.69. The van der Waals surface area contributed by atoms with Gasteiger partial charge < -0.3 is 0 Å². The molecule has 0 aliphatic heterocycles. The van der Waals surface area contributed by atoms with E-state index in [0.29, 0.717) is 23.3 Å². The Morgan fingerprint density at radius 3 is 2.62 bits per heavy atom. The van der Waals surface area contributed by atoms with Gasteiger partial charge >= 0.3 is 0 Å². The molecule has 118 valence electrons. The topological polar surface area (TPSA) is 65.6 Å². The first-order valence-corrected chi connectivity index (χ1v) is 7.61. The maximum Gasteiger partial charge on any atom is 0.280 e. The minimum Gasteiger partial charge on any atom is -0.293 e. The molecule has 0 saturated carbocycles. The van der Waals surface area contributed by atoms with Crippen molar-refractivity contribution < 1.29 is 0 Å². The Labute approximate surface area is 138 Å². The van der Waals surface area contributed by atoms with Crippen LogP contribution < -0.4 is 5.56 Å². The average molecular weight is 317 g/mol. The summed E-state index contributed by atoms with van der Waals surface area (Å²) in [5.74, 6) is 0. The third-order valence-electron chi connectivity index (χ3n) is 3.95. The summed E-state index contributed by atoms with van der Waals surface area (Å²) in [5, 5.41) is 4.15. The van der Waals surface area contributed by atoms with Crippen LogP contribution in [0, 0.1) is 0 Å². The van der Waals surface area contributed by atoms with Gasteiger partial charge in [-0.15, -0.1) is 0 Å². The lowest BCUT2D eigenvalue weighted by atomic mass is 10.2. The lowest BCUT2D eigenvalue weighted by Gasteiger charge is -2.07. The molecule has 0 unspecified atom stereocenters. The van der Waals surface area contributed by atoms with E-state index >= 15 is 0 Å². The number of hydrogen-bond acceptors (Lipinski definition) is 4. The van der Waals surface area contributed by atoms with Gasteiger partial charge in [-0.2, -0.15) is 5.10 Å². The Balaban J connectivity index is 1.82. The van der Waals surface area contributed by atoms with Crippen LogP contribution in [-0.4, -0.2) is 24.3 Å². The summed E-state index contributed by atoms with van der Waals surface area (Å²) in [5.41, 5.74) is 3.42. The van der Waals surface area contributed by atoms with Crippen molar-refractivity contribution >= 4 is 11.0 Å². The first-order valence-electron chi connectivity index (χ1n) is 7.61. The van der Waals surface area contributed by atoms with Crippen LogP contribution in [0.3, 0.4) is 0 Å². The Morgan fingerprint density at radius 1 is 1.04 bits per heavy atom. The molecule has 0 aliphatic rings. The van der Waals surface area contributed by atoms with Crippen molar-refractivity contribution in [1.29, 1.82) is 0 Å². The number of nitrogens with zero attached hydrogens (tertiary/aromatic N) is 5. The zero-order valence-electron chi connectivity index (χ0n) is 13.1. The molecule has 3 aromatic heterocycles. The van der Waals surface area contributed by atoms with Crippen LogP contribution >= 0.6 is 0 Å². The van der Waals surface area contributed by atoms with E-state index in [2.05, 4.69) is 15.1 Å². The highest BCUT2D eigenvalue weighted by molar-refractivity contribution is 5.76. The maximum absolute atomic E-state index is 12.8. The van der Waals surface area contributed by atoms with Crippen molar-refractivity contribution in [2.75, 3.05) is 0 Å². The van der Waals surface area contributed by atoms with E-state index in [9.17, 15) is 4.79 Å². The zero-order valence-corrected chi connectivity index (χ0v) is 13.1. The van der Waals surface area contributed by atoms with E-state index < -0.39 is 0 Å². The molecule has 4 rings (SSSR count). The van der Waals surface area contributed by atoms with E-state index in [0.717, 1.165) is 11.3 Å². The van der Waals surface area contributed by atoms with Crippen molar-refractivity contribution in [1.82, 2.24) is 24.3 Å². The van der Waals surface area contributed by atoms with Gasteiger partial charge in [-0.25, -0.2) is 9.97 Å². The second-order valence-corrected chi connectivity index (χ2v) is 5.57. The van der Waals surface area contributed by atoms with Gasteiger partial charge in [-0.3, -0.25) is 14.0 Å². The molecule has 6 heteroatoms. The molecule has 1 aromatic carbocycles. The average Bonchev–Trinajstić information content (AvgIpc) is 3.04. The summed E-state index contributed by atoms with van der Waals surface area (Å²) in [6, 6.07) is 15.4. The van der Waals surface area contributed by atoms with Crippen LogP contribution in [0.25, 0.3) is 22.4 Å². The minimum absolute atomic E-state index is 0.145. The molecular formula is C18H15N5O. The number of benzene rings is 1. The second-order valence-electron chi connectivity index (χ2n) is 5.57. The Morgan fingerprint density at radius 2 is 1.88 bits per heavy atom. The number of aryl methyl sites for hydroxylation is 1. The molecule has 0 spiro atoms. The van der Waals surface area contributed by atoms with Crippen LogP contribution in [-0.2, 0) is 13.6 Å². The molecule has 0 N–H and O–H groups in total. The van der Waals surface area contributed by atoms with Crippen LogP contribution in [0.1, 0.15) is 5.56 Å². The summed E-state index contributed by atoms with van der Waals surface area (Å²) in [4.78, 5) is 21.7. The molecule has 0 amide bonds. The summed E-state index contributed by atoms with van der Waals surface area (Å²) in [7, 11) is 1.85. The van der Waals surface area contributed by atoms with E-state index in [1.165, 1.54) is 0 Å². The van der Waals surface area contributed by atoms with Crippen molar-refractivity contribution in [2.24, 2.45) is 7.05 Å². The van der Waals surface area contributed by atoms with Gasteiger partial charge in [-0.05, 0) is 23.8 Å². The van der Waals surface area contributed by atoms with Gasteiger partial charge in [0.25, 0.3) is 5.56 Å². The van der Waals surface area contributed by atoms with Crippen molar-refractivity contribution in [3.8, 4) is 11.4 Å². The van der Waals surface area contributed by atoms with Gasteiger partial charge in [-0.1, -0.05) is 30.3 Å². The van der Waals surface area contributed by atoms with Crippen LogP contribution in [0.15, 0.2) is 65.8 Å². The van der Waals surface area contributed by atoms with Gasteiger partial charge in [0.15, 0.2) is 5.52 Å². The van der Waals surface area contributed by atoms with E-state index in [4.69, 9.17) is 0 Å². The Kier molecular flexibility index (Phi) is 3.42. The molecule has 0 bridgehead atoms. The SMILES string of the molecule is Cn1nccc1-c1ccc2ncn(Cc3ccccc3)c(=O)c2n1. The molecule has 0 radical (unpaired) electrons. The van der Waals surface area contributed by atoms with Crippen LogP contribution in [0.5, 0.6) is 0 Å². The molecule has 0 aliphatic carbocycles. The molecule has 3 heterocycles. The highest BCUT2D eigenvalue weighted by atomic mass is 16.1. The molecule has 0 saturated heterocycles. The number of hydrogen-bond donors (Lipinski definition) is 0. The summed E-state index contributed by atoms with van der Waals surface area (Å²) in [6.07, 6.45) is 3.28. The third kappa shape index (κ3) is 2.48. The summed E-state index contributed by atoms with van der Waals surface area (Å²) < 4.78 is 3.31. The highest BCUT2D eigenvalue weighted by Gasteiger charge is 2.10. The van der Waals surface area contributed by atoms with E-state index in [1.807, 2.05) is 55.6 Å². The fraction of sp³-hybridized carbons (Fsp3) is 0.111. The summed E-state index contributed by atoms with van der Waals surface area (Å²) in [6.45, 7) is 0.472. The summed E-state index contributed by atoms with van der Waals surface area (Å²) >= 11 is 0. The van der Waals surface area contributed by atoms with Crippen molar-refractivity contribution in [2.45, 2.75) is 6.54 Å². The number of fused-ring (bicyclic) bond motifs is 1. The predicted molar refractivity (Wildman–Crippen MR) is 91.5 cm³/mol. The van der Waals surface area contributed by atoms with Gasteiger partial charge in [0.05, 0.1) is 29.8 Å².